The van der Waals surface area contributed by atoms with Crippen LogP contribution in [-0.4, -0.2) is 38.2 Å². The number of unbranched alkanes of at least 4 members (excludes halogenated alkanes) is 2. The highest BCUT2D eigenvalue weighted by Gasteiger charge is 2.43. The summed E-state index contributed by atoms with van der Waals surface area (Å²) in [5.74, 6) is 0.591. The predicted molar refractivity (Wildman–Crippen MR) is 112 cm³/mol. The summed E-state index contributed by atoms with van der Waals surface area (Å²) in [4.78, 5) is 12.3. The van der Waals surface area contributed by atoms with E-state index in [2.05, 4.69) is 6.92 Å². The molecule has 2 saturated heterocycles. The number of cyclic esters (lactones) is 1. The second kappa shape index (κ2) is 9.15. The lowest BCUT2D eigenvalue weighted by molar-refractivity contribution is -0.269. The maximum absolute atomic E-state index is 12.3. The third kappa shape index (κ3) is 4.45. The molecule has 1 aromatic rings. The van der Waals surface area contributed by atoms with Crippen LogP contribution in [0, 0.1) is 0 Å². The van der Waals surface area contributed by atoms with E-state index in [0.717, 1.165) is 63.4 Å². The number of carbonyl (C=O) groups is 1. The lowest BCUT2D eigenvalue weighted by Crippen LogP contribution is -2.40. The molecule has 3 heterocycles. The van der Waals surface area contributed by atoms with E-state index in [4.69, 9.17) is 23.7 Å². The Bertz CT molecular complexity index is 758. The molecular weight excluding hydrogens is 384 g/mol. The Kier molecular flexibility index (Phi) is 6.54. The Labute approximate surface area is 179 Å². The summed E-state index contributed by atoms with van der Waals surface area (Å²) in [5, 5.41) is 0. The van der Waals surface area contributed by atoms with Crippen LogP contribution in [0.2, 0.25) is 0 Å². The molecule has 4 atom stereocenters. The Morgan fingerprint density at radius 3 is 2.60 bits per heavy atom. The largest absolute Gasteiger partial charge is 0.497 e. The topological polar surface area (TPSA) is 63.2 Å². The van der Waals surface area contributed by atoms with Crippen molar-refractivity contribution in [1.82, 2.24) is 0 Å². The molecule has 3 aliphatic heterocycles. The van der Waals surface area contributed by atoms with Crippen LogP contribution in [0.5, 0.6) is 11.5 Å². The van der Waals surface area contributed by atoms with Crippen molar-refractivity contribution < 1.29 is 28.5 Å². The molecule has 6 nitrogen and oxygen atoms in total. The van der Waals surface area contributed by atoms with E-state index in [1.54, 1.807) is 20.3 Å². The number of benzene rings is 1. The van der Waals surface area contributed by atoms with E-state index >= 15 is 0 Å². The smallest absolute Gasteiger partial charge is 0.342 e. The van der Waals surface area contributed by atoms with Gasteiger partial charge in [-0.2, -0.15) is 0 Å². The zero-order valence-electron chi connectivity index (χ0n) is 18.4. The van der Waals surface area contributed by atoms with Crippen LogP contribution in [0.4, 0.5) is 0 Å². The number of carbonyl (C=O) groups excluding carboxylic acids is 1. The molecule has 6 heteroatoms. The third-order valence-electron chi connectivity index (χ3n) is 6.67. The molecular formula is C24H34O6. The van der Waals surface area contributed by atoms with Crippen LogP contribution in [0.15, 0.2) is 12.1 Å². The molecule has 30 heavy (non-hydrogen) atoms. The predicted octanol–water partition coefficient (Wildman–Crippen LogP) is 5.33. The minimum absolute atomic E-state index is 0.223. The van der Waals surface area contributed by atoms with Gasteiger partial charge in [-0.25, -0.2) is 4.79 Å². The minimum Gasteiger partial charge on any atom is -0.497 e. The van der Waals surface area contributed by atoms with Gasteiger partial charge in [0.2, 0.25) is 0 Å². The molecule has 0 amide bonds. The van der Waals surface area contributed by atoms with E-state index in [1.165, 1.54) is 6.42 Å². The van der Waals surface area contributed by atoms with Crippen molar-refractivity contribution in [3.05, 3.63) is 23.3 Å². The lowest BCUT2D eigenvalue weighted by atomic mass is 9.95. The summed E-state index contributed by atoms with van der Waals surface area (Å²) in [7, 11) is 3.17. The van der Waals surface area contributed by atoms with Gasteiger partial charge in [0.1, 0.15) is 23.2 Å². The molecule has 1 spiro atoms. The van der Waals surface area contributed by atoms with E-state index in [1.807, 2.05) is 6.07 Å². The molecule has 0 unspecified atom stereocenters. The van der Waals surface area contributed by atoms with Crippen LogP contribution in [0.1, 0.15) is 93.2 Å². The average molecular weight is 419 g/mol. The molecule has 1 aromatic carbocycles. The molecule has 0 aliphatic carbocycles. The van der Waals surface area contributed by atoms with E-state index < -0.39 is 0 Å². The first kappa shape index (κ1) is 21.4. The SMILES string of the molecule is COc1cc(OC)c2c(c1)[C@@H](CCCCC[C@@H]1CCC[C@]3(CC[C@H](C)O3)O1)OC2=O. The maximum atomic E-state index is 12.3. The van der Waals surface area contributed by atoms with Gasteiger partial charge in [0.05, 0.1) is 26.4 Å². The highest BCUT2D eigenvalue weighted by atomic mass is 16.7. The fraction of sp³-hybridized carbons (Fsp3) is 0.708. The van der Waals surface area contributed by atoms with Crippen LogP contribution >= 0.6 is 0 Å². The van der Waals surface area contributed by atoms with Crippen molar-refractivity contribution in [1.29, 1.82) is 0 Å². The fourth-order valence-electron chi connectivity index (χ4n) is 5.11. The molecule has 0 aromatic heterocycles. The summed E-state index contributed by atoms with van der Waals surface area (Å²) in [6, 6.07) is 3.62. The Hall–Kier alpha value is -1.79. The van der Waals surface area contributed by atoms with Crippen molar-refractivity contribution >= 4 is 5.97 Å². The zero-order valence-corrected chi connectivity index (χ0v) is 18.4. The quantitative estimate of drug-likeness (QED) is 0.420. The monoisotopic (exact) mass is 418 g/mol. The highest BCUT2D eigenvalue weighted by Crippen LogP contribution is 2.43. The Morgan fingerprint density at radius 2 is 1.87 bits per heavy atom. The van der Waals surface area contributed by atoms with Gasteiger partial charge in [0.25, 0.3) is 0 Å². The highest BCUT2D eigenvalue weighted by molar-refractivity contribution is 5.97. The van der Waals surface area contributed by atoms with Gasteiger partial charge in [-0.1, -0.05) is 12.8 Å². The van der Waals surface area contributed by atoms with Gasteiger partial charge in [0.15, 0.2) is 5.79 Å². The first-order valence-corrected chi connectivity index (χ1v) is 11.4. The molecule has 0 radical (unpaired) electrons. The molecule has 3 aliphatic rings. The van der Waals surface area contributed by atoms with E-state index in [9.17, 15) is 4.79 Å². The van der Waals surface area contributed by atoms with Crippen LogP contribution in [0.25, 0.3) is 0 Å². The number of fused-ring (bicyclic) bond motifs is 1. The Balaban J connectivity index is 1.25. The summed E-state index contributed by atoms with van der Waals surface area (Å²) < 4.78 is 28.8. The van der Waals surface area contributed by atoms with Crippen molar-refractivity contribution in [2.24, 2.45) is 0 Å². The number of hydrogen-bond donors (Lipinski definition) is 0. The molecule has 0 saturated carbocycles. The zero-order chi connectivity index (χ0) is 21.1. The number of ether oxygens (including phenoxy) is 5. The summed E-state index contributed by atoms with van der Waals surface area (Å²) in [6.45, 7) is 2.14. The van der Waals surface area contributed by atoms with Gasteiger partial charge in [-0.3, -0.25) is 0 Å². The van der Waals surface area contributed by atoms with E-state index in [0.29, 0.717) is 29.3 Å². The molecule has 2 fully saturated rings. The lowest BCUT2D eigenvalue weighted by Gasteiger charge is -2.38. The standard InChI is InChI=1S/C24H34O6/c1-16-11-13-24(29-16)12-7-9-17(30-24)8-5-4-6-10-20-19-14-18(26-2)15-21(27-3)22(19)23(25)28-20/h14-17,20H,4-13H2,1-3H3/t16-,17+,20+,24+/m0/s1. The fourth-order valence-corrected chi connectivity index (χ4v) is 5.11. The maximum Gasteiger partial charge on any atom is 0.342 e. The summed E-state index contributed by atoms with van der Waals surface area (Å²) >= 11 is 0. The minimum atomic E-state index is -0.304. The van der Waals surface area contributed by atoms with Gasteiger partial charge in [-0.15, -0.1) is 0 Å². The number of esters is 1. The van der Waals surface area contributed by atoms with Gasteiger partial charge in [0, 0.05) is 24.5 Å². The first-order chi connectivity index (χ1) is 14.5. The first-order valence-electron chi connectivity index (χ1n) is 11.4. The summed E-state index contributed by atoms with van der Waals surface area (Å²) in [6.07, 6.45) is 11.0. The second-order valence-corrected chi connectivity index (χ2v) is 8.84. The molecule has 0 bridgehead atoms. The second-order valence-electron chi connectivity index (χ2n) is 8.84. The normalized spacial score (nSPS) is 30.4. The van der Waals surface area contributed by atoms with Crippen molar-refractivity contribution in [3.63, 3.8) is 0 Å². The van der Waals surface area contributed by atoms with Crippen molar-refractivity contribution in [2.45, 2.75) is 95.2 Å². The summed E-state index contributed by atoms with van der Waals surface area (Å²) in [5.41, 5.74) is 1.41. The van der Waals surface area contributed by atoms with Gasteiger partial charge >= 0.3 is 5.97 Å². The van der Waals surface area contributed by atoms with Crippen LogP contribution in [-0.2, 0) is 14.2 Å². The molecule has 166 valence electrons. The molecule has 0 N–H and O–H groups in total. The third-order valence-corrected chi connectivity index (χ3v) is 6.67. The average Bonchev–Trinajstić information content (AvgIpc) is 3.26. The van der Waals surface area contributed by atoms with Crippen molar-refractivity contribution in [3.8, 4) is 11.5 Å². The number of methoxy groups -OCH3 is 2. The number of hydrogen-bond acceptors (Lipinski definition) is 6. The number of rotatable bonds is 8. The molecule has 4 rings (SSSR count). The van der Waals surface area contributed by atoms with E-state index in [-0.39, 0.29) is 17.9 Å². The van der Waals surface area contributed by atoms with Gasteiger partial charge in [-0.05, 0) is 51.5 Å². The van der Waals surface area contributed by atoms with Crippen molar-refractivity contribution in [2.75, 3.05) is 14.2 Å². The van der Waals surface area contributed by atoms with Crippen LogP contribution < -0.4 is 9.47 Å². The Morgan fingerprint density at radius 1 is 1.03 bits per heavy atom. The van der Waals surface area contributed by atoms with Gasteiger partial charge < -0.3 is 23.7 Å². The van der Waals surface area contributed by atoms with Crippen LogP contribution in [0.3, 0.4) is 0 Å².